The van der Waals surface area contributed by atoms with Gasteiger partial charge in [-0.2, -0.15) is 0 Å². The summed E-state index contributed by atoms with van der Waals surface area (Å²) in [7, 11) is 1.57. The highest BCUT2D eigenvalue weighted by atomic mass is 19.1. The predicted octanol–water partition coefficient (Wildman–Crippen LogP) is 4.62. The maximum absolute atomic E-state index is 13.7. The first kappa shape index (κ1) is 20.1. The van der Waals surface area contributed by atoms with E-state index in [1.807, 2.05) is 0 Å². The van der Waals surface area contributed by atoms with Gasteiger partial charge in [-0.15, -0.1) is 0 Å². The Kier molecular flexibility index (Phi) is 6.81. The van der Waals surface area contributed by atoms with Crippen molar-refractivity contribution in [1.82, 2.24) is 5.32 Å². The van der Waals surface area contributed by atoms with E-state index in [0.717, 1.165) is 25.7 Å². The Balaban J connectivity index is 1.42. The summed E-state index contributed by atoms with van der Waals surface area (Å²) in [6, 6.07) is 10.7. The number of benzene rings is 2. The first-order valence-corrected chi connectivity index (χ1v) is 9.31. The summed E-state index contributed by atoms with van der Waals surface area (Å²) in [6.45, 7) is -0.0857. The van der Waals surface area contributed by atoms with E-state index in [1.54, 1.807) is 31.4 Å². The first-order valence-electron chi connectivity index (χ1n) is 9.31. The number of nitrogens with one attached hydrogen (secondary N) is 2. The van der Waals surface area contributed by atoms with Crippen LogP contribution < -0.4 is 15.4 Å². The number of hydrogen-bond donors (Lipinski definition) is 2. The predicted molar refractivity (Wildman–Crippen MR) is 102 cm³/mol. The van der Waals surface area contributed by atoms with E-state index >= 15 is 0 Å². The number of carbonyl (C=O) groups is 1. The molecule has 150 valence electrons. The van der Waals surface area contributed by atoms with Crippen molar-refractivity contribution in [1.29, 1.82) is 0 Å². The van der Waals surface area contributed by atoms with Gasteiger partial charge in [-0.25, -0.2) is 13.6 Å². The summed E-state index contributed by atoms with van der Waals surface area (Å²) in [5.41, 5.74) is 0.612. The molecule has 0 saturated heterocycles. The molecular weight excluding hydrogens is 366 g/mol. The van der Waals surface area contributed by atoms with E-state index in [2.05, 4.69) is 10.6 Å². The van der Waals surface area contributed by atoms with Crippen molar-refractivity contribution in [2.24, 2.45) is 0 Å². The maximum Gasteiger partial charge on any atom is 0.319 e. The van der Waals surface area contributed by atoms with Crippen LogP contribution in [0.3, 0.4) is 0 Å². The van der Waals surface area contributed by atoms with E-state index in [9.17, 15) is 13.6 Å². The van der Waals surface area contributed by atoms with Crippen LogP contribution in [-0.4, -0.2) is 25.3 Å². The second-order valence-electron chi connectivity index (χ2n) is 6.82. The first-order chi connectivity index (χ1) is 13.5. The molecule has 1 aliphatic carbocycles. The van der Waals surface area contributed by atoms with Gasteiger partial charge >= 0.3 is 6.03 Å². The normalized spacial score (nSPS) is 19.1. The van der Waals surface area contributed by atoms with Gasteiger partial charge in [0.15, 0.2) is 0 Å². The minimum atomic E-state index is -0.593. The molecule has 0 aromatic heterocycles. The van der Waals surface area contributed by atoms with Crippen molar-refractivity contribution in [2.75, 3.05) is 12.4 Å². The van der Waals surface area contributed by atoms with Crippen molar-refractivity contribution in [3.05, 3.63) is 59.7 Å². The van der Waals surface area contributed by atoms with Gasteiger partial charge in [0.25, 0.3) is 0 Å². The molecule has 2 N–H and O–H groups in total. The van der Waals surface area contributed by atoms with Gasteiger partial charge < -0.3 is 20.1 Å². The molecule has 2 aromatic carbocycles. The lowest BCUT2D eigenvalue weighted by molar-refractivity contribution is 0.00964. The van der Waals surface area contributed by atoms with Crippen LogP contribution in [0.1, 0.15) is 31.2 Å². The minimum Gasteiger partial charge on any atom is -0.497 e. The van der Waals surface area contributed by atoms with E-state index in [4.69, 9.17) is 9.47 Å². The van der Waals surface area contributed by atoms with Gasteiger partial charge in [0.2, 0.25) is 0 Å². The lowest BCUT2D eigenvalue weighted by atomic mass is 9.93. The number of anilines is 1. The van der Waals surface area contributed by atoms with Gasteiger partial charge in [0.05, 0.1) is 19.8 Å². The molecule has 0 unspecified atom stereocenters. The zero-order valence-electron chi connectivity index (χ0n) is 15.7. The molecule has 0 radical (unpaired) electrons. The Labute approximate surface area is 163 Å². The number of ether oxygens (including phenoxy) is 2. The van der Waals surface area contributed by atoms with Gasteiger partial charge in [-0.3, -0.25) is 0 Å². The molecule has 3 rings (SSSR count). The third kappa shape index (κ3) is 5.42. The number of carbonyl (C=O) groups excluding carboxylic acids is 1. The van der Waals surface area contributed by atoms with Crippen molar-refractivity contribution in [3.8, 4) is 5.75 Å². The molecule has 1 saturated carbocycles. The molecule has 0 bridgehead atoms. The molecule has 0 atom stereocenters. The van der Waals surface area contributed by atoms with Crippen LogP contribution in [0.5, 0.6) is 5.75 Å². The zero-order chi connectivity index (χ0) is 19.9. The molecule has 1 aliphatic rings. The summed E-state index contributed by atoms with van der Waals surface area (Å²) in [4.78, 5) is 12.2. The van der Waals surface area contributed by atoms with E-state index in [1.165, 1.54) is 18.2 Å². The topological polar surface area (TPSA) is 59.6 Å². The highest BCUT2D eigenvalue weighted by Gasteiger charge is 2.23. The molecule has 0 aliphatic heterocycles. The van der Waals surface area contributed by atoms with Crippen molar-refractivity contribution in [2.45, 2.75) is 44.4 Å². The standard InChI is InChI=1S/C21H24F2N2O3/c1-27-17-5-2-4-15(12-17)25-21(26)24-14-8-10-16(11-9-14)28-13-18-19(22)6-3-7-20(18)23/h2-7,12,14,16H,8-11,13H2,1H3,(H2,24,25,26)/t14-,16-. The number of halogens is 2. The average Bonchev–Trinajstić information content (AvgIpc) is 2.69. The third-order valence-electron chi connectivity index (χ3n) is 4.86. The van der Waals surface area contributed by atoms with Gasteiger partial charge in [-0.1, -0.05) is 12.1 Å². The van der Waals surface area contributed by atoms with Crippen LogP contribution in [0.15, 0.2) is 42.5 Å². The summed E-state index contributed by atoms with van der Waals surface area (Å²) >= 11 is 0. The Morgan fingerprint density at radius 3 is 2.43 bits per heavy atom. The molecule has 1 fully saturated rings. The summed E-state index contributed by atoms with van der Waals surface area (Å²) < 4.78 is 38.1. The number of rotatable bonds is 6. The lowest BCUT2D eigenvalue weighted by Crippen LogP contribution is -2.41. The number of methoxy groups -OCH3 is 1. The molecular formula is C21H24F2N2O3. The fourth-order valence-electron chi connectivity index (χ4n) is 3.30. The number of hydrogen-bond acceptors (Lipinski definition) is 3. The molecule has 2 amide bonds. The summed E-state index contributed by atoms with van der Waals surface area (Å²) in [6.07, 6.45) is 2.87. The highest BCUT2D eigenvalue weighted by molar-refractivity contribution is 5.89. The fraction of sp³-hybridized carbons (Fsp3) is 0.381. The van der Waals surface area contributed by atoms with E-state index in [-0.39, 0.29) is 30.3 Å². The fourth-order valence-corrected chi connectivity index (χ4v) is 3.30. The van der Waals surface area contributed by atoms with Crippen molar-refractivity contribution in [3.63, 3.8) is 0 Å². The molecule has 2 aromatic rings. The largest absolute Gasteiger partial charge is 0.497 e. The summed E-state index contributed by atoms with van der Waals surface area (Å²) in [5.74, 6) is -0.518. The van der Waals surface area contributed by atoms with Crippen molar-refractivity contribution < 1.29 is 23.0 Å². The SMILES string of the molecule is COc1cccc(NC(=O)N[C@H]2CC[C@H](OCc3c(F)cccc3F)CC2)c1. The molecule has 7 heteroatoms. The molecule has 0 spiro atoms. The number of urea groups is 1. The second kappa shape index (κ2) is 9.50. The maximum atomic E-state index is 13.7. The molecule has 28 heavy (non-hydrogen) atoms. The smallest absolute Gasteiger partial charge is 0.319 e. The van der Waals surface area contributed by atoms with Gasteiger partial charge in [0.1, 0.15) is 17.4 Å². The third-order valence-corrected chi connectivity index (χ3v) is 4.86. The zero-order valence-corrected chi connectivity index (χ0v) is 15.7. The van der Waals surface area contributed by atoms with Gasteiger partial charge in [-0.05, 0) is 49.9 Å². The Hall–Kier alpha value is -2.67. The van der Waals surface area contributed by atoms with E-state index < -0.39 is 11.6 Å². The molecule has 5 nitrogen and oxygen atoms in total. The van der Waals surface area contributed by atoms with Crippen LogP contribution in [0, 0.1) is 11.6 Å². The van der Waals surface area contributed by atoms with Gasteiger partial charge in [0, 0.05) is 23.4 Å². The van der Waals surface area contributed by atoms with Crippen LogP contribution in [-0.2, 0) is 11.3 Å². The second-order valence-corrected chi connectivity index (χ2v) is 6.82. The van der Waals surface area contributed by atoms with Crippen LogP contribution in [0.25, 0.3) is 0 Å². The lowest BCUT2D eigenvalue weighted by Gasteiger charge is -2.29. The van der Waals surface area contributed by atoms with Crippen LogP contribution in [0.4, 0.5) is 19.3 Å². The van der Waals surface area contributed by atoms with E-state index in [0.29, 0.717) is 11.4 Å². The molecule has 0 heterocycles. The van der Waals surface area contributed by atoms with Crippen molar-refractivity contribution >= 4 is 11.7 Å². The Morgan fingerprint density at radius 2 is 1.75 bits per heavy atom. The Bertz CT molecular complexity index is 788. The summed E-state index contributed by atoms with van der Waals surface area (Å²) in [5, 5.41) is 5.74. The Morgan fingerprint density at radius 1 is 1.07 bits per heavy atom. The quantitative estimate of drug-likeness (QED) is 0.757. The number of amides is 2. The van der Waals surface area contributed by atoms with Crippen LogP contribution >= 0.6 is 0 Å². The monoisotopic (exact) mass is 390 g/mol. The highest BCUT2D eigenvalue weighted by Crippen LogP contribution is 2.24. The average molecular weight is 390 g/mol. The minimum absolute atomic E-state index is 0.0376. The van der Waals surface area contributed by atoms with Crippen LogP contribution in [0.2, 0.25) is 0 Å².